The van der Waals surface area contributed by atoms with E-state index in [2.05, 4.69) is 0 Å². The van der Waals surface area contributed by atoms with Gasteiger partial charge in [-0.3, -0.25) is 0 Å². The van der Waals surface area contributed by atoms with Crippen molar-refractivity contribution in [1.82, 2.24) is 4.31 Å². The number of benzene rings is 2. The van der Waals surface area contributed by atoms with Crippen molar-refractivity contribution in [2.24, 2.45) is 0 Å². The van der Waals surface area contributed by atoms with Crippen LogP contribution in [0.4, 0.5) is 0 Å². The Hall–Kier alpha value is -1.89. The molecular weight excluding hydrogens is 350 g/mol. The van der Waals surface area contributed by atoms with Crippen LogP contribution in [-0.4, -0.2) is 45.1 Å². The SMILES string of the molecule is COc1ccc(C)cc1S(=O)(=O)N1CC(Cc2ccccc2)OCC1C. The summed E-state index contributed by atoms with van der Waals surface area (Å²) in [6.45, 7) is 4.46. The molecule has 0 spiro atoms. The van der Waals surface area contributed by atoms with Crippen LogP contribution in [0, 0.1) is 6.92 Å². The fourth-order valence-electron chi connectivity index (χ4n) is 3.24. The van der Waals surface area contributed by atoms with Crippen molar-refractivity contribution in [3.05, 3.63) is 59.7 Å². The van der Waals surface area contributed by atoms with Crippen LogP contribution in [0.2, 0.25) is 0 Å². The van der Waals surface area contributed by atoms with Crippen molar-refractivity contribution in [3.8, 4) is 5.75 Å². The largest absolute Gasteiger partial charge is 0.495 e. The van der Waals surface area contributed by atoms with Crippen molar-refractivity contribution in [1.29, 1.82) is 0 Å². The molecular formula is C20H25NO4S. The topological polar surface area (TPSA) is 55.8 Å². The fraction of sp³-hybridized carbons (Fsp3) is 0.400. The number of hydrogen-bond donors (Lipinski definition) is 0. The van der Waals surface area contributed by atoms with Gasteiger partial charge in [-0.2, -0.15) is 4.31 Å². The Bertz CT molecular complexity index is 851. The molecule has 5 nitrogen and oxygen atoms in total. The average Bonchev–Trinajstić information content (AvgIpc) is 2.64. The molecule has 1 heterocycles. The highest BCUT2D eigenvalue weighted by Gasteiger charge is 2.37. The third-order valence-electron chi connectivity index (χ3n) is 4.66. The quantitative estimate of drug-likeness (QED) is 0.806. The summed E-state index contributed by atoms with van der Waals surface area (Å²) < 4.78 is 39.4. The van der Waals surface area contributed by atoms with Gasteiger partial charge in [0.2, 0.25) is 10.0 Å². The molecule has 2 aromatic carbocycles. The molecule has 2 unspecified atom stereocenters. The van der Waals surface area contributed by atoms with Gasteiger partial charge in [0.05, 0.1) is 19.8 Å². The molecule has 1 aliphatic heterocycles. The van der Waals surface area contributed by atoms with Crippen LogP contribution in [0.15, 0.2) is 53.4 Å². The monoisotopic (exact) mass is 375 g/mol. The maximum atomic E-state index is 13.3. The van der Waals surface area contributed by atoms with E-state index in [9.17, 15) is 8.42 Å². The molecule has 140 valence electrons. The third kappa shape index (κ3) is 3.92. The minimum absolute atomic E-state index is 0.167. The van der Waals surface area contributed by atoms with E-state index in [0.29, 0.717) is 25.3 Å². The van der Waals surface area contributed by atoms with Crippen LogP contribution >= 0.6 is 0 Å². The number of ether oxygens (including phenoxy) is 2. The van der Waals surface area contributed by atoms with Gasteiger partial charge in [-0.25, -0.2) is 8.42 Å². The lowest BCUT2D eigenvalue weighted by atomic mass is 10.1. The molecule has 1 aliphatic rings. The minimum Gasteiger partial charge on any atom is -0.495 e. The molecule has 6 heteroatoms. The van der Waals surface area contributed by atoms with Gasteiger partial charge in [0.25, 0.3) is 0 Å². The van der Waals surface area contributed by atoms with Crippen LogP contribution < -0.4 is 4.74 Å². The molecule has 0 aliphatic carbocycles. The second kappa shape index (κ2) is 7.78. The first-order valence-electron chi connectivity index (χ1n) is 8.74. The highest BCUT2D eigenvalue weighted by Crippen LogP contribution is 2.30. The van der Waals surface area contributed by atoms with Crippen molar-refractivity contribution >= 4 is 10.0 Å². The number of methoxy groups -OCH3 is 1. The van der Waals surface area contributed by atoms with E-state index >= 15 is 0 Å². The third-order valence-corrected chi connectivity index (χ3v) is 6.66. The molecule has 0 aromatic heterocycles. The molecule has 0 radical (unpaired) electrons. The second-order valence-electron chi connectivity index (χ2n) is 6.72. The summed E-state index contributed by atoms with van der Waals surface area (Å²) in [6.07, 6.45) is 0.518. The predicted octanol–water partition coefficient (Wildman–Crippen LogP) is 3.02. The number of aryl methyl sites for hydroxylation is 1. The van der Waals surface area contributed by atoms with Gasteiger partial charge >= 0.3 is 0 Å². The predicted molar refractivity (Wildman–Crippen MR) is 101 cm³/mol. The van der Waals surface area contributed by atoms with Crippen LogP contribution in [-0.2, 0) is 21.2 Å². The zero-order valence-corrected chi connectivity index (χ0v) is 16.2. The summed E-state index contributed by atoms with van der Waals surface area (Å²) in [6, 6.07) is 15.0. The summed E-state index contributed by atoms with van der Waals surface area (Å²) in [5, 5.41) is 0. The first-order valence-corrected chi connectivity index (χ1v) is 10.2. The lowest BCUT2D eigenvalue weighted by molar-refractivity contribution is -0.0265. The summed E-state index contributed by atoms with van der Waals surface area (Å²) in [5.74, 6) is 0.369. The Labute approximate surface area is 155 Å². The number of rotatable bonds is 5. The maximum Gasteiger partial charge on any atom is 0.247 e. The van der Waals surface area contributed by atoms with E-state index in [1.54, 1.807) is 16.4 Å². The van der Waals surface area contributed by atoms with E-state index in [1.165, 1.54) is 7.11 Å². The molecule has 0 N–H and O–H groups in total. The maximum absolute atomic E-state index is 13.3. The van der Waals surface area contributed by atoms with Gasteiger partial charge in [-0.15, -0.1) is 0 Å². The van der Waals surface area contributed by atoms with Crippen molar-refractivity contribution < 1.29 is 17.9 Å². The zero-order valence-electron chi connectivity index (χ0n) is 15.4. The van der Waals surface area contributed by atoms with Crippen LogP contribution in [0.5, 0.6) is 5.75 Å². The lowest BCUT2D eigenvalue weighted by Crippen LogP contribution is -2.51. The lowest BCUT2D eigenvalue weighted by Gasteiger charge is -2.37. The van der Waals surface area contributed by atoms with Crippen LogP contribution in [0.25, 0.3) is 0 Å². The van der Waals surface area contributed by atoms with Crippen molar-refractivity contribution in [2.75, 3.05) is 20.3 Å². The molecule has 0 saturated carbocycles. The highest BCUT2D eigenvalue weighted by molar-refractivity contribution is 7.89. The molecule has 0 bridgehead atoms. The van der Waals surface area contributed by atoms with E-state index < -0.39 is 10.0 Å². The smallest absolute Gasteiger partial charge is 0.247 e. The first kappa shape index (κ1) is 18.9. The molecule has 3 rings (SSSR count). The summed E-state index contributed by atoms with van der Waals surface area (Å²) >= 11 is 0. The number of nitrogens with zero attached hydrogens (tertiary/aromatic N) is 1. The average molecular weight is 375 g/mol. The molecule has 1 fully saturated rings. The summed E-state index contributed by atoms with van der Waals surface area (Å²) in [7, 11) is -2.18. The van der Waals surface area contributed by atoms with E-state index in [1.807, 2.05) is 50.2 Å². The fourth-order valence-corrected chi connectivity index (χ4v) is 5.13. The molecule has 0 amide bonds. The number of sulfonamides is 1. The minimum atomic E-state index is -3.67. The Kier molecular flexibility index (Phi) is 5.65. The number of morpholine rings is 1. The van der Waals surface area contributed by atoms with Crippen molar-refractivity contribution in [3.63, 3.8) is 0 Å². The Morgan fingerprint density at radius 1 is 1.19 bits per heavy atom. The highest BCUT2D eigenvalue weighted by atomic mass is 32.2. The number of hydrogen-bond acceptors (Lipinski definition) is 4. The first-order chi connectivity index (χ1) is 12.4. The van der Waals surface area contributed by atoms with E-state index in [0.717, 1.165) is 11.1 Å². The summed E-state index contributed by atoms with van der Waals surface area (Å²) in [5.41, 5.74) is 2.02. The van der Waals surface area contributed by atoms with E-state index in [4.69, 9.17) is 9.47 Å². The van der Waals surface area contributed by atoms with Gasteiger partial charge < -0.3 is 9.47 Å². The molecule has 1 saturated heterocycles. The Morgan fingerprint density at radius 2 is 1.92 bits per heavy atom. The van der Waals surface area contributed by atoms with Gasteiger partial charge in [0.15, 0.2) is 0 Å². The Balaban J connectivity index is 1.87. The van der Waals surface area contributed by atoms with Gasteiger partial charge in [-0.05, 0) is 43.5 Å². The molecule has 2 atom stereocenters. The molecule has 26 heavy (non-hydrogen) atoms. The van der Waals surface area contributed by atoms with E-state index in [-0.39, 0.29) is 17.0 Å². The van der Waals surface area contributed by atoms with Gasteiger partial charge in [0, 0.05) is 12.6 Å². The van der Waals surface area contributed by atoms with Crippen LogP contribution in [0.3, 0.4) is 0 Å². The van der Waals surface area contributed by atoms with Gasteiger partial charge in [0.1, 0.15) is 10.6 Å². The molecule has 2 aromatic rings. The van der Waals surface area contributed by atoms with Gasteiger partial charge in [-0.1, -0.05) is 36.4 Å². The normalized spacial score (nSPS) is 21.5. The van der Waals surface area contributed by atoms with Crippen LogP contribution in [0.1, 0.15) is 18.1 Å². The summed E-state index contributed by atoms with van der Waals surface area (Å²) in [4.78, 5) is 0.215. The standard InChI is InChI=1S/C20H25NO4S/c1-15-9-10-19(24-3)20(11-15)26(22,23)21-13-18(25-14-16(21)2)12-17-7-5-4-6-8-17/h4-11,16,18H,12-14H2,1-3H3. The zero-order chi connectivity index (χ0) is 18.7. The Morgan fingerprint density at radius 3 is 2.62 bits per heavy atom. The second-order valence-corrected chi connectivity index (χ2v) is 8.58. The van der Waals surface area contributed by atoms with Crippen molar-refractivity contribution in [2.45, 2.75) is 37.3 Å².